The fraction of sp³-hybridized carbons (Fsp3) is 0.360. The van der Waals surface area contributed by atoms with E-state index in [4.69, 9.17) is 4.98 Å². The summed E-state index contributed by atoms with van der Waals surface area (Å²) < 4.78 is 1.73. The van der Waals surface area contributed by atoms with Gasteiger partial charge in [-0.15, -0.1) is 11.3 Å². The summed E-state index contributed by atoms with van der Waals surface area (Å²) in [4.78, 5) is 39.9. The Morgan fingerprint density at radius 1 is 1.03 bits per heavy atom. The number of rotatable bonds is 4. The summed E-state index contributed by atoms with van der Waals surface area (Å²) in [5.41, 5.74) is 2.59. The van der Waals surface area contributed by atoms with Crippen LogP contribution in [-0.2, 0) is 19.4 Å². The van der Waals surface area contributed by atoms with Crippen molar-refractivity contribution in [1.82, 2.24) is 29.5 Å². The number of hydrogen-bond acceptors (Lipinski definition) is 6. The second-order valence-corrected chi connectivity index (χ2v) is 10.0. The van der Waals surface area contributed by atoms with Crippen molar-refractivity contribution in [3.05, 3.63) is 74.9 Å². The third-order valence-electron chi connectivity index (χ3n) is 6.74. The van der Waals surface area contributed by atoms with Crippen LogP contribution in [0.4, 0.5) is 0 Å². The molecule has 4 aromatic rings. The highest BCUT2D eigenvalue weighted by Crippen LogP contribution is 2.33. The third-order valence-corrected chi connectivity index (χ3v) is 7.92. The van der Waals surface area contributed by atoms with Gasteiger partial charge in [0.1, 0.15) is 10.7 Å². The van der Waals surface area contributed by atoms with Gasteiger partial charge in [0.25, 0.3) is 11.5 Å². The molecular formula is C25H26N6O2S. The highest BCUT2D eigenvalue weighted by atomic mass is 32.1. The van der Waals surface area contributed by atoms with E-state index < -0.39 is 0 Å². The summed E-state index contributed by atoms with van der Waals surface area (Å²) >= 11 is 1.68. The second-order valence-electron chi connectivity index (χ2n) is 8.95. The molecule has 0 radical (unpaired) electrons. The Kier molecular flexibility index (Phi) is 5.50. The lowest BCUT2D eigenvalue weighted by Crippen LogP contribution is -2.48. The minimum atomic E-state index is -0.0496. The normalized spacial score (nSPS) is 16.6. The molecule has 0 unspecified atom stereocenters. The van der Waals surface area contributed by atoms with E-state index >= 15 is 0 Å². The van der Waals surface area contributed by atoms with E-state index in [0.717, 1.165) is 48.3 Å². The van der Waals surface area contributed by atoms with Crippen LogP contribution in [0.25, 0.3) is 15.9 Å². The minimum Gasteiger partial charge on any atom is -0.335 e. The van der Waals surface area contributed by atoms with Gasteiger partial charge in [-0.25, -0.2) is 9.67 Å². The monoisotopic (exact) mass is 474 g/mol. The summed E-state index contributed by atoms with van der Waals surface area (Å²) in [5, 5.41) is 5.27. The lowest BCUT2D eigenvalue weighted by molar-refractivity contribution is 0.0619. The lowest BCUT2D eigenvalue weighted by Gasteiger charge is -2.34. The van der Waals surface area contributed by atoms with Gasteiger partial charge < -0.3 is 9.88 Å². The number of thiophene rings is 1. The van der Waals surface area contributed by atoms with Crippen LogP contribution in [0, 0.1) is 0 Å². The molecule has 3 aromatic heterocycles. The Labute approximate surface area is 200 Å². The van der Waals surface area contributed by atoms with E-state index in [1.165, 1.54) is 16.9 Å². The van der Waals surface area contributed by atoms with Gasteiger partial charge in [-0.3, -0.25) is 14.5 Å². The molecule has 0 atom stereocenters. The number of aromatic amines is 1. The molecule has 9 heteroatoms. The summed E-state index contributed by atoms with van der Waals surface area (Å²) in [6.07, 6.45) is 6.21. The standard InChI is InChI=1S/C25H26N6O2S/c32-23-22-18-8-4-5-9-20(18)34-24(22)27-21(26-23)16-29-12-14-30(15-13-29)25(33)19-10-11-31(28-19)17-6-2-1-3-7-17/h1-3,6-7,10-11H,4-5,8-9,12-16H2,(H,26,27,32). The number of aromatic nitrogens is 4. The van der Waals surface area contributed by atoms with Gasteiger partial charge >= 0.3 is 0 Å². The van der Waals surface area contributed by atoms with Crippen LogP contribution in [0.5, 0.6) is 0 Å². The van der Waals surface area contributed by atoms with Crippen molar-refractivity contribution in [2.75, 3.05) is 26.2 Å². The zero-order valence-corrected chi connectivity index (χ0v) is 19.7. The molecular weight excluding hydrogens is 448 g/mol. The smallest absolute Gasteiger partial charge is 0.274 e. The first-order valence-corrected chi connectivity index (χ1v) is 12.6. The maximum Gasteiger partial charge on any atom is 0.274 e. The van der Waals surface area contributed by atoms with E-state index in [-0.39, 0.29) is 11.5 Å². The van der Waals surface area contributed by atoms with Crippen LogP contribution in [0.2, 0.25) is 0 Å². The van der Waals surface area contributed by atoms with Crippen LogP contribution in [0.1, 0.15) is 39.6 Å². The average molecular weight is 475 g/mol. The molecule has 2 aliphatic rings. The number of fused-ring (bicyclic) bond motifs is 3. The topological polar surface area (TPSA) is 87.1 Å². The number of carbonyl (C=O) groups is 1. The molecule has 1 fully saturated rings. The molecule has 1 amide bonds. The van der Waals surface area contributed by atoms with Crippen molar-refractivity contribution in [2.24, 2.45) is 0 Å². The van der Waals surface area contributed by atoms with Gasteiger partial charge in [0, 0.05) is 37.3 Å². The molecule has 1 aliphatic carbocycles. The van der Waals surface area contributed by atoms with Crippen molar-refractivity contribution < 1.29 is 4.79 Å². The number of amides is 1. The molecule has 0 bridgehead atoms. The van der Waals surface area contributed by atoms with Crippen LogP contribution in [0.3, 0.4) is 0 Å². The second kappa shape index (κ2) is 8.81. The Morgan fingerprint density at radius 3 is 2.65 bits per heavy atom. The number of H-pyrrole nitrogens is 1. The average Bonchev–Trinajstić information content (AvgIpc) is 3.50. The Hall–Kier alpha value is -3.30. The van der Waals surface area contributed by atoms with Gasteiger partial charge in [-0.05, 0) is 49.4 Å². The summed E-state index contributed by atoms with van der Waals surface area (Å²) in [7, 11) is 0. The summed E-state index contributed by atoms with van der Waals surface area (Å²) in [5.74, 6) is 0.656. The van der Waals surface area contributed by atoms with Gasteiger partial charge in [-0.1, -0.05) is 18.2 Å². The predicted octanol–water partition coefficient (Wildman–Crippen LogP) is 3.01. The first-order valence-electron chi connectivity index (χ1n) is 11.8. The number of nitrogens with one attached hydrogen (secondary N) is 1. The molecule has 174 valence electrons. The van der Waals surface area contributed by atoms with Crippen molar-refractivity contribution in [3.63, 3.8) is 0 Å². The van der Waals surface area contributed by atoms with E-state index in [9.17, 15) is 9.59 Å². The summed E-state index contributed by atoms with van der Waals surface area (Å²) in [6.45, 7) is 3.29. The van der Waals surface area contributed by atoms with E-state index in [1.807, 2.05) is 41.4 Å². The number of piperazine rings is 1. The third kappa shape index (κ3) is 3.95. The maximum absolute atomic E-state index is 13.0. The Morgan fingerprint density at radius 2 is 1.82 bits per heavy atom. The maximum atomic E-state index is 13.0. The molecule has 4 heterocycles. The van der Waals surface area contributed by atoms with Gasteiger partial charge in [-0.2, -0.15) is 5.10 Å². The fourth-order valence-electron chi connectivity index (χ4n) is 4.93. The molecule has 0 saturated carbocycles. The fourth-order valence-corrected chi connectivity index (χ4v) is 6.21. The zero-order chi connectivity index (χ0) is 23.1. The molecule has 34 heavy (non-hydrogen) atoms. The van der Waals surface area contributed by atoms with Crippen LogP contribution < -0.4 is 5.56 Å². The van der Waals surface area contributed by atoms with Crippen LogP contribution in [0.15, 0.2) is 47.4 Å². The van der Waals surface area contributed by atoms with E-state index in [0.29, 0.717) is 31.2 Å². The molecule has 1 aliphatic heterocycles. The quantitative estimate of drug-likeness (QED) is 0.491. The lowest BCUT2D eigenvalue weighted by atomic mass is 9.97. The highest BCUT2D eigenvalue weighted by molar-refractivity contribution is 7.18. The summed E-state index contributed by atoms with van der Waals surface area (Å²) in [6, 6.07) is 11.5. The van der Waals surface area contributed by atoms with E-state index in [2.05, 4.69) is 15.0 Å². The van der Waals surface area contributed by atoms with Crippen molar-refractivity contribution in [1.29, 1.82) is 0 Å². The number of aryl methyl sites for hydroxylation is 2. The number of para-hydroxylation sites is 1. The van der Waals surface area contributed by atoms with Gasteiger partial charge in [0.05, 0.1) is 17.6 Å². The highest BCUT2D eigenvalue weighted by Gasteiger charge is 2.25. The molecule has 0 spiro atoms. The SMILES string of the molecule is O=C(c1ccn(-c2ccccc2)n1)N1CCN(Cc2nc3sc4c(c3c(=O)[nH]2)CCCC4)CC1. The first-order chi connectivity index (χ1) is 16.7. The van der Waals surface area contributed by atoms with Crippen molar-refractivity contribution >= 4 is 27.5 Å². The van der Waals surface area contributed by atoms with Gasteiger partial charge in [0.2, 0.25) is 0 Å². The number of benzene rings is 1. The molecule has 1 N–H and O–H groups in total. The van der Waals surface area contributed by atoms with Gasteiger partial charge in [0.15, 0.2) is 5.69 Å². The van der Waals surface area contributed by atoms with E-state index in [1.54, 1.807) is 22.1 Å². The molecule has 1 aromatic carbocycles. The minimum absolute atomic E-state index is 0.0118. The number of hydrogen-bond donors (Lipinski definition) is 1. The molecule has 6 rings (SSSR count). The molecule has 1 saturated heterocycles. The first kappa shape index (κ1) is 21.2. The Balaban J connectivity index is 1.11. The molecule has 8 nitrogen and oxygen atoms in total. The van der Waals surface area contributed by atoms with Crippen LogP contribution in [-0.4, -0.2) is 61.6 Å². The number of nitrogens with zero attached hydrogens (tertiary/aromatic N) is 5. The zero-order valence-electron chi connectivity index (χ0n) is 18.9. The van der Waals surface area contributed by atoms with Crippen molar-refractivity contribution in [2.45, 2.75) is 32.2 Å². The Bertz CT molecular complexity index is 1400. The van der Waals surface area contributed by atoms with Crippen LogP contribution >= 0.6 is 11.3 Å². The number of carbonyl (C=O) groups excluding carboxylic acids is 1. The predicted molar refractivity (Wildman–Crippen MR) is 132 cm³/mol. The largest absolute Gasteiger partial charge is 0.335 e. The van der Waals surface area contributed by atoms with Crippen molar-refractivity contribution in [3.8, 4) is 5.69 Å².